The van der Waals surface area contributed by atoms with Crippen molar-refractivity contribution >= 4 is 17.9 Å². The molecule has 0 N–H and O–H groups in total. The maximum absolute atomic E-state index is 12.7. The third-order valence-corrected chi connectivity index (χ3v) is 2.16. The second kappa shape index (κ2) is 8.60. The van der Waals surface area contributed by atoms with Crippen LogP contribution in [-0.4, -0.2) is 49.3 Å². The van der Waals surface area contributed by atoms with Gasteiger partial charge in [0.15, 0.2) is 6.10 Å². The average molecular weight is 362 g/mol. The van der Waals surface area contributed by atoms with Crippen LogP contribution in [0.4, 0.5) is 22.0 Å². The summed E-state index contributed by atoms with van der Waals surface area (Å²) in [5.74, 6) is -8.48. The number of hydrogen-bond acceptors (Lipinski definition) is 6. The largest absolute Gasteiger partial charge is 0.461 e. The highest BCUT2D eigenvalue weighted by Crippen LogP contribution is 2.20. The lowest BCUT2D eigenvalue weighted by Gasteiger charge is -2.19. The fourth-order valence-corrected chi connectivity index (χ4v) is 1.06. The molecule has 1 atom stereocenters. The summed E-state index contributed by atoms with van der Waals surface area (Å²) in [6.07, 6.45) is -8.27. The van der Waals surface area contributed by atoms with E-state index in [0.29, 0.717) is 0 Å². The van der Waals surface area contributed by atoms with Crippen molar-refractivity contribution in [2.24, 2.45) is 0 Å². The van der Waals surface area contributed by atoms with Crippen LogP contribution in [0.2, 0.25) is 0 Å². The molecular formula is C13H15F5O6. The molecule has 0 rings (SSSR count). The van der Waals surface area contributed by atoms with E-state index in [4.69, 9.17) is 0 Å². The Morgan fingerprint density at radius 3 is 1.96 bits per heavy atom. The van der Waals surface area contributed by atoms with Gasteiger partial charge in [0, 0.05) is 12.5 Å². The van der Waals surface area contributed by atoms with E-state index in [0.717, 1.165) is 0 Å². The highest BCUT2D eigenvalue weighted by molar-refractivity contribution is 5.87. The highest BCUT2D eigenvalue weighted by Gasteiger charge is 2.36. The average Bonchev–Trinajstić information content (AvgIpc) is 2.37. The van der Waals surface area contributed by atoms with Gasteiger partial charge in [-0.05, 0) is 6.92 Å². The molecule has 0 aliphatic heterocycles. The topological polar surface area (TPSA) is 78.9 Å². The molecule has 0 radical (unpaired) electrons. The van der Waals surface area contributed by atoms with Crippen molar-refractivity contribution in [2.75, 3.05) is 13.2 Å². The molecule has 0 bridgehead atoms. The van der Waals surface area contributed by atoms with Gasteiger partial charge in [0.05, 0.1) is 0 Å². The summed E-state index contributed by atoms with van der Waals surface area (Å²) in [5.41, 5.74) is -0.117. The van der Waals surface area contributed by atoms with Gasteiger partial charge in [-0.2, -0.15) is 22.0 Å². The van der Waals surface area contributed by atoms with Crippen LogP contribution < -0.4 is 0 Å². The first-order valence-electron chi connectivity index (χ1n) is 6.36. The number of hydrogen-bond donors (Lipinski definition) is 0. The van der Waals surface area contributed by atoms with E-state index in [1.165, 1.54) is 6.92 Å². The Kier molecular flexibility index (Phi) is 7.81. The number of carbonyl (C=O) groups excluding carboxylic acids is 3. The van der Waals surface area contributed by atoms with Crippen molar-refractivity contribution in [1.82, 2.24) is 0 Å². The van der Waals surface area contributed by atoms with Gasteiger partial charge in [0.2, 0.25) is 0 Å². The van der Waals surface area contributed by atoms with Gasteiger partial charge in [0.1, 0.15) is 19.6 Å². The van der Waals surface area contributed by atoms with Gasteiger partial charge in [-0.15, -0.1) is 0 Å². The third kappa shape index (κ3) is 9.74. The summed E-state index contributed by atoms with van der Waals surface area (Å²) in [4.78, 5) is 33.2. The standard InChI is InChI=1S/C13H15F5O6/c1-7(2)10(20)24-8(6-23-11(21)12(3,14)15)5-22-9(19)4-13(16,17)18/h8H,1,4-6H2,2-3H3. The van der Waals surface area contributed by atoms with E-state index in [9.17, 15) is 36.3 Å². The molecule has 1 unspecified atom stereocenters. The molecule has 0 heterocycles. The minimum Gasteiger partial charge on any atom is -0.461 e. The van der Waals surface area contributed by atoms with Crippen LogP contribution in [0.5, 0.6) is 0 Å². The Balaban J connectivity index is 4.70. The maximum atomic E-state index is 12.7. The number of rotatable bonds is 8. The Hall–Kier alpha value is -2.20. The summed E-state index contributed by atoms with van der Waals surface area (Å²) < 4.78 is 74.3. The molecule has 0 aliphatic carbocycles. The highest BCUT2D eigenvalue weighted by atomic mass is 19.4. The molecule has 0 aromatic heterocycles. The quantitative estimate of drug-likeness (QED) is 0.285. The van der Waals surface area contributed by atoms with E-state index in [1.54, 1.807) is 0 Å². The molecule has 0 saturated carbocycles. The summed E-state index contributed by atoms with van der Waals surface area (Å²) in [7, 11) is 0. The summed E-state index contributed by atoms with van der Waals surface area (Å²) in [5, 5.41) is 0. The molecule has 138 valence electrons. The third-order valence-electron chi connectivity index (χ3n) is 2.16. The molecule has 0 aliphatic rings. The van der Waals surface area contributed by atoms with Gasteiger partial charge in [-0.1, -0.05) is 6.58 Å². The second-order valence-corrected chi connectivity index (χ2v) is 4.77. The van der Waals surface area contributed by atoms with Gasteiger partial charge < -0.3 is 14.2 Å². The Bertz CT molecular complexity index is 494. The van der Waals surface area contributed by atoms with Gasteiger partial charge >= 0.3 is 30.0 Å². The smallest absolute Gasteiger partial charge is 0.399 e. The fourth-order valence-electron chi connectivity index (χ4n) is 1.06. The number of carbonyl (C=O) groups is 3. The zero-order valence-corrected chi connectivity index (χ0v) is 12.7. The molecule has 0 fully saturated rings. The zero-order chi connectivity index (χ0) is 19.1. The van der Waals surface area contributed by atoms with Crippen LogP contribution in [0.25, 0.3) is 0 Å². The SMILES string of the molecule is C=C(C)C(=O)OC(COC(=O)CC(F)(F)F)COC(=O)C(C)(F)F. The molecule has 0 amide bonds. The van der Waals surface area contributed by atoms with E-state index < -0.39 is 55.7 Å². The second-order valence-electron chi connectivity index (χ2n) is 4.77. The minimum atomic E-state index is -4.81. The lowest BCUT2D eigenvalue weighted by molar-refractivity contribution is -0.182. The Morgan fingerprint density at radius 1 is 1.04 bits per heavy atom. The Labute approximate surface area is 133 Å². The van der Waals surface area contributed by atoms with Crippen LogP contribution in [0.15, 0.2) is 12.2 Å². The van der Waals surface area contributed by atoms with Crippen LogP contribution in [-0.2, 0) is 28.6 Å². The zero-order valence-electron chi connectivity index (χ0n) is 12.7. The van der Waals surface area contributed by atoms with Crippen LogP contribution >= 0.6 is 0 Å². The molecule has 24 heavy (non-hydrogen) atoms. The normalized spacial score (nSPS) is 13.0. The minimum absolute atomic E-state index is 0.117. The van der Waals surface area contributed by atoms with Crippen molar-refractivity contribution in [3.05, 3.63) is 12.2 Å². The van der Waals surface area contributed by atoms with E-state index in [2.05, 4.69) is 20.8 Å². The lowest BCUT2D eigenvalue weighted by Crippen LogP contribution is -2.35. The van der Waals surface area contributed by atoms with Crippen LogP contribution in [0, 0.1) is 0 Å². The Morgan fingerprint density at radius 2 is 1.54 bits per heavy atom. The maximum Gasteiger partial charge on any atom is 0.399 e. The van der Waals surface area contributed by atoms with Crippen molar-refractivity contribution in [3.8, 4) is 0 Å². The molecule has 0 spiro atoms. The van der Waals surface area contributed by atoms with Crippen molar-refractivity contribution < 1.29 is 50.5 Å². The number of alkyl halides is 5. The number of esters is 3. The van der Waals surface area contributed by atoms with Crippen LogP contribution in [0.1, 0.15) is 20.3 Å². The van der Waals surface area contributed by atoms with Crippen molar-refractivity contribution in [2.45, 2.75) is 38.5 Å². The number of halogens is 5. The van der Waals surface area contributed by atoms with Crippen molar-refractivity contribution in [3.63, 3.8) is 0 Å². The van der Waals surface area contributed by atoms with Crippen molar-refractivity contribution in [1.29, 1.82) is 0 Å². The van der Waals surface area contributed by atoms with Gasteiger partial charge in [-0.25, -0.2) is 9.59 Å². The summed E-state index contributed by atoms with van der Waals surface area (Å²) in [6, 6.07) is 0. The fraction of sp³-hybridized carbons (Fsp3) is 0.615. The van der Waals surface area contributed by atoms with E-state index >= 15 is 0 Å². The molecule has 11 heteroatoms. The molecular weight excluding hydrogens is 347 g/mol. The van der Waals surface area contributed by atoms with E-state index in [-0.39, 0.29) is 12.5 Å². The monoisotopic (exact) mass is 362 g/mol. The van der Waals surface area contributed by atoms with E-state index in [1.807, 2.05) is 0 Å². The van der Waals surface area contributed by atoms with Gasteiger partial charge in [0.25, 0.3) is 0 Å². The molecule has 0 saturated heterocycles. The van der Waals surface area contributed by atoms with Crippen LogP contribution in [0.3, 0.4) is 0 Å². The van der Waals surface area contributed by atoms with Gasteiger partial charge in [-0.3, -0.25) is 4.79 Å². The molecule has 0 aromatic rings. The first-order valence-corrected chi connectivity index (χ1v) is 6.36. The predicted octanol–water partition coefficient (Wildman–Crippen LogP) is 2.17. The summed E-state index contributed by atoms with van der Waals surface area (Å²) >= 11 is 0. The first-order chi connectivity index (χ1) is 10.7. The summed E-state index contributed by atoms with van der Waals surface area (Å²) in [6.45, 7) is 2.86. The predicted molar refractivity (Wildman–Crippen MR) is 67.9 cm³/mol. The number of ether oxygens (including phenoxy) is 3. The molecule has 0 aromatic carbocycles. The first kappa shape index (κ1) is 21.8. The lowest BCUT2D eigenvalue weighted by atomic mass is 10.3. The molecule has 6 nitrogen and oxygen atoms in total.